The minimum atomic E-state index is 0.422. The van der Waals surface area contributed by atoms with Crippen LogP contribution in [0.25, 0.3) is 22.7 Å². The Balaban J connectivity index is 1.44. The molecule has 0 aliphatic carbocycles. The molecule has 0 saturated carbocycles. The molecule has 0 unspecified atom stereocenters. The molecule has 0 atom stereocenters. The van der Waals surface area contributed by atoms with Crippen molar-refractivity contribution in [1.82, 2.24) is 20.1 Å². The summed E-state index contributed by atoms with van der Waals surface area (Å²) in [6, 6.07) is 17.5. The van der Waals surface area contributed by atoms with Crippen LogP contribution in [-0.2, 0) is 5.75 Å². The summed E-state index contributed by atoms with van der Waals surface area (Å²) >= 11 is 7.67. The number of aromatic nitrogens is 4. The van der Waals surface area contributed by atoms with Crippen molar-refractivity contribution in [1.29, 1.82) is 0 Å². The molecule has 5 nitrogen and oxygen atoms in total. The minimum Gasteiger partial charge on any atom is -0.334 e. The number of nitrogens with zero attached hydrogens (tertiary/aromatic N) is 3. The first-order valence-corrected chi connectivity index (χ1v) is 8.96. The average Bonchev–Trinajstić information content (AvgIpc) is 3.31. The number of thioether (sulfide) groups is 1. The normalized spacial score (nSPS) is 10.9. The van der Waals surface area contributed by atoms with Crippen molar-refractivity contribution in [2.75, 3.05) is 0 Å². The second-order valence-electron chi connectivity index (χ2n) is 5.25. The summed E-state index contributed by atoms with van der Waals surface area (Å²) in [7, 11) is 0. The molecule has 4 aromatic rings. The predicted octanol–water partition coefficient (Wildman–Crippen LogP) is 5.07. The van der Waals surface area contributed by atoms with Crippen molar-refractivity contribution in [2.45, 2.75) is 10.9 Å². The van der Waals surface area contributed by atoms with Crippen LogP contribution < -0.4 is 0 Å². The van der Waals surface area contributed by atoms with E-state index in [1.54, 1.807) is 6.07 Å². The zero-order valence-electron chi connectivity index (χ0n) is 13.0. The molecule has 0 aliphatic heterocycles. The fourth-order valence-corrected chi connectivity index (χ4v) is 3.24. The second-order valence-corrected chi connectivity index (χ2v) is 6.62. The molecule has 0 amide bonds. The van der Waals surface area contributed by atoms with E-state index in [2.05, 4.69) is 20.1 Å². The molecule has 4 rings (SSSR count). The zero-order chi connectivity index (χ0) is 17.1. The van der Waals surface area contributed by atoms with Crippen LogP contribution in [0.2, 0.25) is 5.02 Å². The Morgan fingerprint density at radius 1 is 1.04 bits per heavy atom. The number of rotatable bonds is 5. The molecule has 2 heterocycles. The first kappa shape index (κ1) is 15.9. The van der Waals surface area contributed by atoms with Gasteiger partial charge in [-0.2, -0.15) is 4.98 Å². The van der Waals surface area contributed by atoms with Crippen molar-refractivity contribution in [3.63, 3.8) is 0 Å². The largest absolute Gasteiger partial charge is 0.334 e. The van der Waals surface area contributed by atoms with Gasteiger partial charge in [0.25, 0.3) is 5.89 Å². The predicted molar refractivity (Wildman–Crippen MR) is 98.3 cm³/mol. The number of hydrogen-bond acceptors (Lipinski definition) is 5. The Bertz CT molecular complexity index is 983. The average molecular weight is 369 g/mol. The minimum absolute atomic E-state index is 0.422. The first-order valence-electron chi connectivity index (χ1n) is 7.60. The van der Waals surface area contributed by atoms with Gasteiger partial charge >= 0.3 is 0 Å². The van der Waals surface area contributed by atoms with Gasteiger partial charge in [-0.05, 0) is 17.7 Å². The SMILES string of the molecule is Clc1ccccc1-c1nc(CSc2ncc(-c3ccccc3)[nH]2)no1. The fourth-order valence-electron chi connectivity index (χ4n) is 2.33. The van der Waals surface area contributed by atoms with E-state index in [1.165, 1.54) is 11.8 Å². The van der Waals surface area contributed by atoms with Gasteiger partial charge < -0.3 is 9.51 Å². The lowest BCUT2D eigenvalue weighted by Gasteiger charge is -1.96. The maximum Gasteiger partial charge on any atom is 0.259 e. The number of H-pyrrole nitrogens is 1. The number of nitrogens with one attached hydrogen (secondary N) is 1. The van der Waals surface area contributed by atoms with E-state index in [0.717, 1.165) is 22.0 Å². The summed E-state index contributed by atoms with van der Waals surface area (Å²) in [5.74, 6) is 1.57. The van der Waals surface area contributed by atoms with Crippen LogP contribution in [0, 0.1) is 0 Å². The molecule has 0 aliphatic rings. The van der Waals surface area contributed by atoms with Gasteiger partial charge in [-0.1, -0.05) is 71.0 Å². The molecular weight excluding hydrogens is 356 g/mol. The summed E-state index contributed by atoms with van der Waals surface area (Å²) in [6.45, 7) is 0. The summed E-state index contributed by atoms with van der Waals surface area (Å²) in [5, 5.41) is 5.40. The number of hydrogen-bond donors (Lipinski definition) is 1. The van der Waals surface area contributed by atoms with Crippen LogP contribution >= 0.6 is 23.4 Å². The van der Waals surface area contributed by atoms with Crippen molar-refractivity contribution < 1.29 is 4.52 Å². The van der Waals surface area contributed by atoms with Gasteiger partial charge in [0.05, 0.1) is 28.2 Å². The first-order chi connectivity index (χ1) is 12.3. The van der Waals surface area contributed by atoms with Gasteiger partial charge in [0.1, 0.15) is 0 Å². The molecule has 0 bridgehead atoms. The van der Waals surface area contributed by atoms with Gasteiger partial charge in [-0.25, -0.2) is 4.98 Å². The van der Waals surface area contributed by atoms with Gasteiger partial charge in [-0.3, -0.25) is 0 Å². The van der Waals surface area contributed by atoms with Crippen LogP contribution in [0.3, 0.4) is 0 Å². The molecule has 7 heteroatoms. The topological polar surface area (TPSA) is 67.6 Å². The number of aromatic amines is 1. The number of halogens is 1. The molecule has 124 valence electrons. The van der Waals surface area contributed by atoms with Crippen molar-refractivity contribution in [2.24, 2.45) is 0 Å². The van der Waals surface area contributed by atoms with Gasteiger partial charge in [0.15, 0.2) is 11.0 Å². The fraction of sp³-hybridized carbons (Fsp3) is 0.0556. The standard InChI is InChI=1S/C18H13ClN4OS/c19-14-9-5-4-8-13(14)17-22-16(23-24-17)11-25-18-20-10-15(21-18)12-6-2-1-3-7-12/h1-10H,11H2,(H,20,21). The van der Waals surface area contributed by atoms with Gasteiger partial charge in [-0.15, -0.1) is 0 Å². The molecule has 0 saturated heterocycles. The summed E-state index contributed by atoms with van der Waals surface area (Å²) in [4.78, 5) is 12.1. The van der Waals surface area contributed by atoms with Crippen molar-refractivity contribution in [3.8, 4) is 22.7 Å². The Kier molecular flexibility index (Phi) is 4.54. The highest BCUT2D eigenvalue weighted by Gasteiger charge is 2.12. The summed E-state index contributed by atoms with van der Waals surface area (Å²) in [5.41, 5.74) is 2.81. The molecular formula is C18H13ClN4OS. The molecule has 0 radical (unpaired) electrons. The lowest BCUT2D eigenvalue weighted by molar-refractivity contribution is 0.425. The van der Waals surface area contributed by atoms with E-state index >= 15 is 0 Å². The van der Waals surface area contributed by atoms with Crippen LogP contribution in [0.15, 0.2) is 70.5 Å². The van der Waals surface area contributed by atoms with E-state index in [9.17, 15) is 0 Å². The summed E-state index contributed by atoms with van der Waals surface area (Å²) < 4.78 is 5.30. The quantitative estimate of drug-likeness (QED) is 0.498. The third kappa shape index (κ3) is 3.60. The molecule has 2 aromatic carbocycles. The molecule has 2 aromatic heterocycles. The lowest BCUT2D eigenvalue weighted by atomic mass is 10.2. The Hall–Kier alpha value is -2.57. The van der Waals surface area contributed by atoms with Crippen LogP contribution in [0.5, 0.6) is 0 Å². The smallest absolute Gasteiger partial charge is 0.259 e. The van der Waals surface area contributed by atoms with Crippen LogP contribution in [-0.4, -0.2) is 20.1 Å². The van der Waals surface area contributed by atoms with Gasteiger partial charge in [0, 0.05) is 0 Å². The van der Waals surface area contributed by atoms with Crippen molar-refractivity contribution in [3.05, 3.63) is 71.6 Å². The third-order valence-electron chi connectivity index (χ3n) is 3.55. The highest BCUT2D eigenvalue weighted by molar-refractivity contribution is 7.98. The Morgan fingerprint density at radius 3 is 2.68 bits per heavy atom. The van der Waals surface area contributed by atoms with Crippen LogP contribution in [0.4, 0.5) is 0 Å². The maximum atomic E-state index is 6.15. The van der Waals surface area contributed by atoms with E-state index < -0.39 is 0 Å². The second kappa shape index (κ2) is 7.13. The molecule has 1 N–H and O–H groups in total. The molecule has 25 heavy (non-hydrogen) atoms. The van der Waals surface area contributed by atoms with E-state index in [4.69, 9.17) is 16.1 Å². The summed E-state index contributed by atoms with van der Waals surface area (Å²) in [6.07, 6.45) is 1.82. The van der Waals surface area contributed by atoms with Gasteiger partial charge in [0.2, 0.25) is 0 Å². The third-order valence-corrected chi connectivity index (χ3v) is 4.76. The lowest BCUT2D eigenvalue weighted by Crippen LogP contribution is -1.86. The van der Waals surface area contributed by atoms with E-state index in [0.29, 0.717) is 22.5 Å². The van der Waals surface area contributed by atoms with Crippen molar-refractivity contribution >= 4 is 23.4 Å². The number of imidazole rings is 1. The zero-order valence-corrected chi connectivity index (χ0v) is 14.6. The van der Waals surface area contributed by atoms with Crippen LogP contribution in [0.1, 0.15) is 5.82 Å². The maximum absolute atomic E-state index is 6.15. The highest BCUT2D eigenvalue weighted by Crippen LogP contribution is 2.27. The van der Waals surface area contributed by atoms with E-state index in [1.807, 2.05) is 54.7 Å². The Morgan fingerprint density at radius 2 is 1.84 bits per heavy atom. The van der Waals surface area contributed by atoms with E-state index in [-0.39, 0.29) is 0 Å². The number of benzene rings is 2. The highest BCUT2D eigenvalue weighted by atomic mass is 35.5. The molecule has 0 spiro atoms. The monoisotopic (exact) mass is 368 g/mol. The molecule has 0 fully saturated rings. The Labute approximate surface area is 153 Å².